The highest BCUT2D eigenvalue weighted by atomic mass is 32.1. The van der Waals surface area contributed by atoms with Crippen molar-refractivity contribution in [3.05, 3.63) is 92.9 Å². The molecule has 2 heterocycles. The van der Waals surface area contributed by atoms with Gasteiger partial charge in [-0.15, -0.1) is 0 Å². The van der Waals surface area contributed by atoms with Crippen molar-refractivity contribution >= 4 is 27.7 Å². The number of benzene rings is 2. The number of nitrogens with zero attached hydrogens (tertiary/aromatic N) is 5. The van der Waals surface area contributed by atoms with Crippen LogP contribution in [0.5, 0.6) is 0 Å². The minimum atomic E-state index is -0.385. The summed E-state index contributed by atoms with van der Waals surface area (Å²) in [6, 6.07) is 14.5. The molecule has 1 atom stereocenters. The Morgan fingerprint density at radius 3 is 2.54 bits per heavy atom. The number of carbonyl (C=O) groups excluding carboxylic acids is 1. The van der Waals surface area contributed by atoms with E-state index in [1.165, 1.54) is 17.6 Å². The van der Waals surface area contributed by atoms with Gasteiger partial charge in [0.25, 0.3) is 11.5 Å². The van der Waals surface area contributed by atoms with E-state index in [-0.39, 0.29) is 23.2 Å². The smallest absolute Gasteiger partial charge is 0.264 e. The lowest BCUT2D eigenvalue weighted by molar-refractivity contribution is 0.0724. The largest absolute Gasteiger partial charge is 0.338 e. The molecule has 4 rings (SSSR count). The third-order valence-corrected chi connectivity index (χ3v) is 7.67. The van der Waals surface area contributed by atoms with Gasteiger partial charge in [0.2, 0.25) is 0 Å². The molecule has 0 saturated heterocycles. The maximum atomic E-state index is 14.3. The zero-order valence-corrected chi connectivity index (χ0v) is 24.1. The van der Waals surface area contributed by atoms with Gasteiger partial charge in [0.05, 0.1) is 17.6 Å². The molecule has 7 nitrogen and oxygen atoms in total. The predicted molar refractivity (Wildman–Crippen MR) is 155 cm³/mol. The monoisotopic (exact) mass is 549 g/mol. The lowest BCUT2D eigenvalue weighted by Gasteiger charge is -2.27. The number of carbonyl (C=O) groups is 1. The predicted octanol–water partition coefficient (Wildman–Crippen LogP) is 4.93. The number of amides is 1. The van der Waals surface area contributed by atoms with Crippen molar-refractivity contribution in [1.82, 2.24) is 23.7 Å². The molecule has 1 amide bonds. The normalized spacial score (nSPS) is 12.3. The molecule has 0 radical (unpaired) electrons. The number of aromatic nitrogens is 3. The van der Waals surface area contributed by atoms with E-state index in [9.17, 15) is 14.0 Å². The van der Waals surface area contributed by atoms with Gasteiger partial charge in [-0.1, -0.05) is 43.3 Å². The lowest BCUT2D eigenvalue weighted by atomic mass is 10.0. The maximum absolute atomic E-state index is 14.3. The van der Waals surface area contributed by atoms with Crippen LogP contribution >= 0.6 is 11.5 Å². The van der Waals surface area contributed by atoms with Crippen LogP contribution in [0.2, 0.25) is 0 Å². The summed E-state index contributed by atoms with van der Waals surface area (Å²) < 4.78 is 20.4. The highest BCUT2D eigenvalue weighted by molar-refractivity contribution is 7.12. The maximum Gasteiger partial charge on any atom is 0.264 e. The second-order valence-electron chi connectivity index (χ2n) is 10.5. The Balaban J connectivity index is 1.61. The van der Waals surface area contributed by atoms with Gasteiger partial charge >= 0.3 is 0 Å². The molecule has 2 aromatic heterocycles. The Morgan fingerprint density at radius 2 is 1.85 bits per heavy atom. The average Bonchev–Trinajstić information content (AvgIpc) is 3.27. The standard InChI is InChI=1S/C30H36FN5O2S/c1-20(18-35(15-9-14-34(4)5)29(37)24-13-12-21(2)25(31)17-24)16-26-32-28-27(22(3)33-39-28)30(38)36(26)19-23-10-7-6-8-11-23/h6-8,10-13,17,20H,9,14-16,18-19H2,1-5H3. The van der Waals surface area contributed by atoms with Gasteiger partial charge in [-0.3, -0.25) is 14.2 Å². The van der Waals surface area contributed by atoms with Crippen LogP contribution in [0.1, 0.15) is 46.3 Å². The molecule has 0 N–H and O–H groups in total. The summed E-state index contributed by atoms with van der Waals surface area (Å²) in [7, 11) is 4.00. The summed E-state index contributed by atoms with van der Waals surface area (Å²) in [6.45, 7) is 7.83. The van der Waals surface area contributed by atoms with E-state index in [4.69, 9.17) is 4.98 Å². The SMILES string of the molecule is Cc1ccc(C(=O)N(CCCN(C)C)CC(C)Cc2nc3snc(C)c3c(=O)n2Cc2ccccc2)cc1F. The Hall–Kier alpha value is -3.43. The Morgan fingerprint density at radius 1 is 1.10 bits per heavy atom. The van der Waals surface area contributed by atoms with Crippen LogP contribution in [0, 0.1) is 25.6 Å². The van der Waals surface area contributed by atoms with Crippen molar-refractivity contribution in [3.63, 3.8) is 0 Å². The van der Waals surface area contributed by atoms with E-state index in [1.807, 2.05) is 51.4 Å². The van der Waals surface area contributed by atoms with Gasteiger partial charge in [-0.25, -0.2) is 9.37 Å². The summed E-state index contributed by atoms with van der Waals surface area (Å²) >= 11 is 1.24. The molecule has 9 heteroatoms. The Kier molecular flexibility index (Phi) is 9.24. The molecule has 0 aliphatic carbocycles. The van der Waals surface area contributed by atoms with Gasteiger partial charge in [0, 0.05) is 25.1 Å². The van der Waals surface area contributed by atoms with Crippen molar-refractivity contribution in [1.29, 1.82) is 0 Å². The minimum absolute atomic E-state index is 0.00370. The molecule has 0 fully saturated rings. The van der Waals surface area contributed by atoms with Gasteiger partial charge in [0.1, 0.15) is 11.6 Å². The molecule has 0 aliphatic rings. The molecule has 39 heavy (non-hydrogen) atoms. The van der Waals surface area contributed by atoms with Crippen molar-refractivity contribution in [3.8, 4) is 0 Å². The molecular weight excluding hydrogens is 513 g/mol. The third-order valence-electron chi connectivity index (χ3n) is 6.83. The van der Waals surface area contributed by atoms with Gasteiger partial charge in [-0.2, -0.15) is 4.37 Å². The van der Waals surface area contributed by atoms with E-state index in [1.54, 1.807) is 28.5 Å². The molecule has 1 unspecified atom stereocenters. The number of rotatable bonds is 11. The molecule has 0 bridgehead atoms. The first kappa shape index (κ1) is 28.6. The van der Waals surface area contributed by atoms with Crippen LogP contribution < -0.4 is 5.56 Å². The molecule has 0 aliphatic heterocycles. The Labute approximate surface area is 233 Å². The van der Waals surface area contributed by atoms with Gasteiger partial charge in [0.15, 0.2) is 4.83 Å². The fraction of sp³-hybridized carbons (Fsp3) is 0.400. The highest BCUT2D eigenvalue weighted by Gasteiger charge is 2.22. The third kappa shape index (κ3) is 6.96. The zero-order valence-electron chi connectivity index (χ0n) is 23.3. The number of hydrogen-bond donors (Lipinski definition) is 0. The summed E-state index contributed by atoms with van der Waals surface area (Å²) in [4.78, 5) is 36.4. The lowest BCUT2D eigenvalue weighted by Crippen LogP contribution is -2.38. The number of aryl methyl sites for hydroxylation is 2. The highest BCUT2D eigenvalue weighted by Crippen LogP contribution is 2.20. The van der Waals surface area contributed by atoms with E-state index in [0.717, 1.165) is 18.5 Å². The van der Waals surface area contributed by atoms with Crippen molar-refractivity contribution in [2.45, 2.75) is 40.2 Å². The van der Waals surface area contributed by atoms with Crippen molar-refractivity contribution in [2.75, 3.05) is 33.7 Å². The summed E-state index contributed by atoms with van der Waals surface area (Å²) in [5.41, 5.74) is 2.46. The van der Waals surface area contributed by atoms with Crippen molar-refractivity contribution in [2.24, 2.45) is 5.92 Å². The van der Waals surface area contributed by atoms with Crippen LogP contribution in [0.15, 0.2) is 53.3 Å². The van der Waals surface area contributed by atoms with Crippen LogP contribution in [-0.4, -0.2) is 63.4 Å². The van der Waals surface area contributed by atoms with Crippen molar-refractivity contribution < 1.29 is 9.18 Å². The topological polar surface area (TPSA) is 71.3 Å². The number of hydrogen-bond acceptors (Lipinski definition) is 6. The zero-order chi connectivity index (χ0) is 28.1. The molecular formula is C30H36FN5O2S. The summed E-state index contributed by atoms with van der Waals surface area (Å²) in [5.74, 6) is 0.102. The van der Waals surface area contributed by atoms with Gasteiger partial charge in [-0.05, 0) is 81.6 Å². The summed E-state index contributed by atoms with van der Waals surface area (Å²) in [6.07, 6.45) is 1.30. The molecule has 0 saturated carbocycles. The van der Waals surface area contributed by atoms with E-state index >= 15 is 0 Å². The summed E-state index contributed by atoms with van der Waals surface area (Å²) in [5, 5.41) is 0.564. The second kappa shape index (κ2) is 12.6. The molecule has 206 valence electrons. The molecule has 2 aromatic carbocycles. The van der Waals surface area contributed by atoms with Crippen LogP contribution in [0.4, 0.5) is 4.39 Å². The van der Waals surface area contributed by atoms with Crippen LogP contribution in [-0.2, 0) is 13.0 Å². The first-order valence-corrected chi connectivity index (χ1v) is 14.0. The van der Waals surface area contributed by atoms with E-state index in [2.05, 4.69) is 16.2 Å². The number of fused-ring (bicyclic) bond motifs is 1. The Bertz CT molecular complexity index is 1500. The second-order valence-corrected chi connectivity index (χ2v) is 11.3. The molecule has 4 aromatic rings. The van der Waals surface area contributed by atoms with Crippen LogP contribution in [0.25, 0.3) is 10.2 Å². The molecule has 0 spiro atoms. The first-order chi connectivity index (χ1) is 18.6. The average molecular weight is 550 g/mol. The first-order valence-electron chi connectivity index (χ1n) is 13.2. The fourth-order valence-electron chi connectivity index (χ4n) is 4.71. The minimum Gasteiger partial charge on any atom is -0.338 e. The van der Waals surface area contributed by atoms with Crippen LogP contribution in [0.3, 0.4) is 0 Å². The van der Waals surface area contributed by atoms with E-state index in [0.29, 0.717) is 58.9 Å². The fourth-order valence-corrected chi connectivity index (χ4v) is 5.50. The van der Waals surface area contributed by atoms with E-state index < -0.39 is 0 Å². The quantitative estimate of drug-likeness (QED) is 0.265. The number of halogens is 1. The van der Waals surface area contributed by atoms with Gasteiger partial charge < -0.3 is 9.80 Å².